The molecule has 0 aliphatic carbocycles. The number of carbonyl (C=O) groups is 2. The summed E-state index contributed by atoms with van der Waals surface area (Å²) in [6.45, 7) is 0.144. The largest absolute Gasteiger partial charge is 0.373 e. The lowest BCUT2D eigenvalue weighted by molar-refractivity contribution is -0.139. The Balaban J connectivity index is 1.71. The second-order valence-corrected chi connectivity index (χ2v) is 5.91. The first-order chi connectivity index (χ1) is 11.4. The van der Waals surface area contributed by atoms with E-state index in [0.717, 1.165) is 22.6 Å². The average molecular weight is 351 g/mol. The molecule has 3 rings (SSSR count). The van der Waals surface area contributed by atoms with E-state index in [2.05, 4.69) is 5.32 Å². The minimum absolute atomic E-state index is 0.0363. The molecule has 0 unspecified atom stereocenters. The lowest BCUT2D eigenvalue weighted by Crippen LogP contribution is -2.34. The van der Waals surface area contributed by atoms with Crippen molar-refractivity contribution in [1.82, 2.24) is 4.90 Å². The molecule has 7 heteroatoms. The number of hydrogen-bond donors (Lipinski definition) is 1. The van der Waals surface area contributed by atoms with Crippen LogP contribution in [0.15, 0.2) is 42.5 Å². The van der Waals surface area contributed by atoms with Gasteiger partial charge in [-0.3, -0.25) is 14.5 Å². The number of amides is 2. The molecule has 0 bridgehead atoms. The Kier molecular flexibility index (Phi) is 4.49. The fraction of sp³-hybridized carbons (Fsp3) is 0.176. The topological polar surface area (TPSA) is 49.4 Å². The predicted octanol–water partition coefficient (Wildman–Crippen LogP) is 3.36. The number of benzene rings is 2. The molecule has 0 saturated carbocycles. The number of nitrogens with zero attached hydrogens (tertiary/aromatic N) is 1. The van der Waals surface area contributed by atoms with Gasteiger partial charge in [-0.2, -0.15) is 0 Å². The van der Waals surface area contributed by atoms with Crippen LogP contribution in [0.4, 0.5) is 14.5 Å². The highest BCUT2D eigenvalue weighted by Crippen LogP contribution is 2.22. The minimum atomic E-state index is -1.02. The zero-order valence-electron chi connectivity index (χ0n) is 12.4. The monoisotopic (exact) mass is 350 g/mol. The first-order valence-electron chi connectivity index (χ1n) is 7.24. The van der Waals surface area contributed by atoms with E-state index < -0.39 is 23.6 Å². The zero-order valence-corrected chi connectivity index (χ0v) is 13.2. The van der Waals surface area contributed by atoms with E-state index in [4.69, 9.17) is 11.6 Å². The Bertz CT molecular complexity index is 796. The van der Waals surface area contributed by atoms with E-state index in [1.54, 1.807) is 24.3 Å². The summed E-state index contributed by atoms with van der Waals surface area (Å²) in [6.07, 6.45) is -0.0363. The summed E-state index contributed by atoms with van der Waals surface area (Å²) >= 11 is 5.81. The molecule has 2 amide bonds. The number of carbonyl (C=O) groups excluding carboxylic acids is 2. The van der Waals surface area contributed by atoms with Crippen LogP contribution in [0.25, 0.3) is 0 Å². The lowest BCUT2D eigenvalue weighted by Gasteiger charge is -2.16. The Morgan fingerprint density at radius 3 is 2.46 bits per heavy atom. The summed E-state index contributed by atoms with van der Waals surface area (Å²) < 4.78 is 26.2. The molecule has 1 aliphatic heterocycles. The summed E-state index contributed by atoms with van der Waals surface area (Å²) in [5.74, 6) is -2.72. The van der Waals surface area contributed by atoms with E-state index in [-0.39, 0.29) is 24.6 Å². The quantitative estimate of drug-likeness (QED) is 0.860. The van der Waals surface area contributed by atoms with Gasteiger partial charge in [0.05, 0.1) is 13.0 Å². The number of rotatable bonds is 4. The van der Waals surface area contributed by atoms with Crippen molar-refractivity contribution in [2.45, 2.75) is 19.0 Å². The van der Waals surface area contributed by atoms with E-state index in [9.17, 15) is 18.4 Å². The summed E-state index contributed by atoms with van der Waals surface area (Å²) in [4.78, 5) is 25.6. The molecular formula is C17H13ClF2N2O2. The Morgan fingerprint density at radius 1 is 1.08 bits per heavy atom. The highest BCUT2D eigenvalue weighted by atomic mass is 35.5. The number of anilines is 1. The smallest absolute Gasteiger partial charge is 0.252 e. The summed E-state index contributed by atoms with van der Waals surface area (Å²) in [7, 11) is 0. The van der Waals surface area contributed by atoms with Crippen LogP contribution in [0.5, 0.6) is 0 Å². The Hall–Kier alpha value is -2.47. The third-order valence-corrected chi connectivity index (χ3v) is 4.01. The number of nitrogens with one attached hydrogen (secondary N) is 1. The molecule has 2 aromatic carbocycles. The maximum atomic E-state index is 13.2. The molecule has 24 heavy (non-hydrogen) atoms. The van der Waals surface area contributed by atoms with Gasteiger partial charge in [0.25, 0.3) is 5.91 Å². The molecule has 0 spiro atoms. The van der Waals surface area contributed by atoms with Gasteiger partial charge in [-0.25, -0.2) is 8.78 Å². The van der Waals surface area contributed by atoms with Gasteiger partial charge in [0.2, 0.25) is 5.91 Å². The summed E-state index contributed by atoms with van der Waals surface area (Å²) in [6, 6.07) is 9.27. The van der Waals surface area contributed by atoms with E-state index >= 15 is 0 Å². The van der Waals surface area contributed by atoms with Crippen LogP contribution in [-0.2, 0) is 16.1 Å². The van der Waals surface area contributed by atoms with Crippen LogP contribution in [0.2, 0.25) is 5.02 Å². The normalized spacial score (nSPS) is 17.5. The molecule has 1 N–H and O–H groups in total. The molecule has 124 valence electrons. The molecule has 1 atom stereocenters. The van der Waals surface area contributed by atoms with Crippen LogP contribution in [0, 0.1) is 11.6 Å². The average Bonchev–Trinajstić information content (AvgIpc) is 2.80. The van der Waals surface area contributed by atoms with Crippen LogP contribution < -0.4 is 5.32 Å². The SMILES string of the molecule is O=C1C[C@H](Nc2ccc(F)c(F)c2)C(=O)N1Cc1ccc(Cl)cc1. The van der Waals surface area contributed by atoms with Gasteiger partial charge >= 0.3 is 0 Å². The van der Waals surface area contributed by atoms with Gasteiger partial charge in [-0.05, 0) is 29.8 Å². The standard InChI is InChI=1S/C17H13ClF2N2O2/c18-11-3-1-10(2-4-11)9-22-16(23)8-15(17(22)24)21-12-5-6-13(19)14(20)7-12/h1-7,15,21H,8-9H2/t15-/m0/s1. The van der Waals surface area contributed by atoms with Crippen molar-refractivity contribution in [3.05, 3.63) is 64.7 Å². The highest BCUT2D eigenvalue weighted by molar-refractivity contribution is 6.30. The molecule has 1 fully saturated rings. The fourth-order valence-electron chi connectivity index (χ4n) is 2.52. The highest BCUT2D eigenvalue weighted by Gasteiger charge is 2.38. The van der Waals surface area contributed by atoms with Gasteiger partial charge < -0.3 is 5.32 Å². The Morgan fingerprint density at radius 2 is 1.79 bits per heavy atom. The molecule has 4 nitrogen and oxygen atoms in total. The molecule has 1 saturated heterocycles. The minimum Gasteiger partial charge on any atom is -0.373 e. The first-order valence-corrected chi connectivity index (χ1v) is 7.62. The maximum Gasteiger partial charge on any atom is 0.252 e. The van der Waals surface area contributed by atoms with Gasteiger partial charge in [-0.1, -0.05) is 23.7 Å². The van der Waals surface area contributed by atoms with Crippen molar-refractivity contribution in [1.29, 1.82) is 0 Å². The second kappa shape index (κ2) is 6.57. The number of halogens is 3. The van der Waals surface area contributed by atoms with Gasteiger partial charge in [0.1, 0.15) is 6.04 Å². The Labute approximate surface area is 142 Å². The van der Waals surface area contributed by atoms with E-state index in [1.807, 2.05) is 0 Å². The van der Waals surface area contributed by atoms with Crippen LogP contribution in [0.3, 0.4) is 0 Å². The first kappa shape index (κ1) is 16.4. The molecule has 0 aromatic heterocycles. The molecule has 1 aliphatic rings. The van der Waals surface area contributed by atoms with Gasteiger partial charge in [0, 0.05) is 16.8 Å². The van der Waals surface area contributed by atoms with E-state index in [0.29, 0.717) is 5.02 Å². The van der Waals surface area contributed by atoms with Crippen molar-refractivity contribution in [2.75, 3.05) is 5.32 Å². The second-order valence-electron chi connectivity index (χ2n) is 5.47. The molecule has 2 aromatic rings. The number of imide groups is 1. The van der Waals surface area contributed by atoms with Crippen LogP contribution >= 0.6 is 11.6 Å². The summed E-state index contributed by atoms with van der Waals surface area (Å²) in [5.41, 5.74) is 1.02. The van der Waals surface area contributed by atoms with Crippen LogP contribution in [-0.4, -0.2) is 22.8 Å². The fourth-order valence-corrected chi connectivity index (χ4v) is 2.65. The van der Waals surface area contributed by atoms with Crippen molar-refractivity contribution in [3.8, 4) is 0 Å². The maximum absolute atomic E-state index is 13.2. The predicted molar refractivity (Wildman–Crippen MR) is 85.4 cm³/mol. The van der Waals surface area contributed by atoms with Crippen molar-refractivity contribution in [2.24, 2.45) is 0 Å². The van der Waals surface area contributed by atoms with Crippen molar-refractivity contribution >= 4 is 29.1 Å². The van der Waals surface area contributed by atoms with Gasteiger partial charge in [-0.15, -0.1) is 0 Å². The molecule has 0 radical (unpaired) electrons. The van der Waals surface area contributed by atoms with E-state index in [1.165, 1.54) is 6.07 Å². The van der Waals surface area contributed by atoms with Gasteiger partial charge in [0.15, 0.2) is 11.6 Å². The number of hydrogen-bond acceptors (Lipinski definition) is 3. The van der Waals surface area contributed by atoms with Crippen LogP contribution in [0.1, 0.15) is 12.0 Å². The third kappa shape index (κ3) is 3.38. The third-order valence-electron chi connectivity index (χ3n) is 3.76. The summed E-state index contributed by atoms with van der Waals surface area (Å²) in [5, 5.41) is 3.34. The zero-order chi connectivity index (χ0) is 17.3. The van der Waals surface area contributed by atoms with Crippen molar-refractivity contribution < 1.29 is 18.4 Å². The number of likely N-dealkylation sites (tertiary alicyclic amines) is 1. The van der Waals surface area contributed by atoms with Crippen molar-refractivity contribution in [3.63, 3.8) is 0 Å². The lowest BCUT2D eigenvalue weighted by atomic mass is 10.2. The molecule has 1 heterocycles. The molecular weight excluding hydrogens is 338 g/mol.